The van der Waals surface area contributed by atoms with E-state index in [1.807, 2.05) is 6.07 Å². The summed E-state index contributed by atoms with van der Waals surface area (Å²) in [4.78, 5) is 16.0. The van der Waals surface area contributed by atoms with Gasteiger partial charge in [-0.2, -0.15) is 0 Å². The van der Waals surface area contributed by atoms with Crippen molar-refractivity contribution in [1.82, 2.24) is 15.0 Å². The van der Waals surface area contributed by atoms with Crippen LogP contribution < -0.4 is 0 Å². The lowest BCUT2D eigenvalue weighted by molar-refractivity contribution is 0.657. The van der Waals surface area contributed by atoms with Crippen LogP contribution in [0.1, 0.15) is 25.0 Å². The van der Waals surface area contributed by atoms with E-state index in [1.54, 1.807) is 0 Å². The van der Waals surface area contributed by atoms with Crippen molar-refractivity contribution in [3.63, 3.8) is 0 Å². The summed E-state index contributed by atoms with van der Waals surface area (Å²) < 4.78 is 6.35. The van der Waals surface area contributed by atoms with E-state index in [9.17, 15) is 0 Å². The maximum Gasteiger partial charge on any atom is 0.160 e. The molecule has 1 aliphatic rings. The summed E-state index contributed by atoms with van der Waals surface area (Å²) >= 11 is 0. The molecular weight excluding hydrogens is 635 g/mol. The zero-order valence-corrected chi connectivity index (χ0v) is 28.7. The van der Waals surface area contributed by atoms with E-state index in [2.05, 4.69) is 159 Å². The highest BCUT2D eigenvalue weighted by atomic mass is 16.3. The molecule has 11 rings (SSSR count). The standard InChI is InChI=1S/C48H31N3O/c1-48(2)37-24-26-41-43(33-18-9-11-22-40(33)52-41)42(37)34-19-12-20-35(44(34)48)47-50-39-25-23-29(27-36(39)45(51-47)28-13-4-3-5-14-28)46-32-17-7-6-15-30(32)31-16-8-10-21-38(31)49-46/h3-27H,1-2H3. The number of furan rings is 1. The van der Waals surface area contributed by atoms with Crippen molar-refractivity contribution in [2.24, 2.45) is 0 Å². The molecule has 0 saturated carbocycles. The molecule has 52 heavy (non-hydrogen) atoms. The highest BCUT2D eigenvalue weighted by Gasteiger charge is 2.40. The van der Waals surface area contributed by atoms with E-state index in [0.717, 1.165) is 77.6 Å². The fraction of sp³-hybridized carbons (Fsp3) is 0.0625. The first-order valence-corrected chi connectivity index (χ1v) is 17.8. The molecule has 1 aliphatic carbocycles. The number of hydrogen-bond acceptors (Lipinski definition) is 4. The molecule has 0 saturated heterocycles. The van der Waals surface area contributed by atoms with Gasteiger partial charge < -0.3 is 4.42 Å². The molecule has 244 valence electrons. The van der Waals surface area contributed by atoms with Gasteiger partial charge in [-0.05, 0) is 58.0 Å². The van der Waals surface area contributed by atoms with E-state index < -0.39 is 0 Å². The monoisotopic (exact) mass is 665 g/mol. The van der Waals surface area contributed by atoms with Crippen molar-refractivity contribution in [2.75, 3.05) is 0 Å². The molecule has 0 spiro atoms. The average molecular weight is 666 g/mol. The Morgan fingerprint density at radius 1 is 0.462 bits per heavy atom. The van der Waals surface area contributed by atoms with Gasteiger partial charge in [-0.25, -0.2) is 15.0 Å². The van der Waals surface area contributed by atoms with Crippen LogP contribution in [-0.2, 0) is 5.41 Å². The summed E-state index contributed by atoms with van der Waals surface area (Å²) in [6.45, 7) is 4.64. The summed E-state index contributed by atoms with van der Waals surface area (Å²) in [5.74, 6) is 0.722. The second kappa shape index (κ2) is 10.7. The van der Waals surface area contributed by atoms with Gasteiger partial charge in [0.05, 0.1) is 22.4 Å². The van der Waals surface area contributed by atoms with Crippen LogP contribution in [0.4, 0.5) is 0 Å². The van der Waals surface area contributed by atoms with Crippen LogP contribution in [0.5, 0.6) is 0 Å². The zero-order valence-electron chi connectivity index (χ0n) is 28.7. The van der Waals surface area contributed by atoms with Crippen molar-refractivity contribution in [3.05, 3.63) is 163 Å². The quantitative estimate of drug-likeness (QED) is 0.176. The van der Waals surface area contributed by atoms with Gasteiger partial charge >= 0.3 is 0 Å². The van der Waals surface area contributed by atoms with Gasteiger partial charge in [0.2, 0.25) is 0 Å². The number of para-hydroxylation sites is 2. The lowest BCUT2D eigenvalue weighted by atomic mass is 9.80. The minimum absolute atomic E-state index is 0.286. The maximum absolute atomic E-state index is 6.35. The number of nitrogens with zero attached hydrogens (tertiary/aromatic N) is 3. The fourth-order valence-electron chi connectivity index (χ4n) is 8.71. The van der Waals surface area contributed by atoms with Gasteiger partial charge in [-0.15, -0.1) is 0 Å². The number of benzene rings is 7. The Morgan fingerprint density at radius 2 is 1.15 bits per heavy atom. The van der Waals surface area contributed by atoms with Crippen LogP contribution in [0.3, 0.4) is 0 Å². The van der Waals surface area contributed by atoms with Crippen molar-refractivity contribution < 1.29 is 4.42 Å². The molecule has 0 atom stereocenters. The lowest BCUT2D eigenvalue weighted by Crippen LogP contribution is -2.16. The number of fused-ring (bicyclic) bond motifs is 11. The SMILES string of the molecule is CC1(C)c2ccc3oc4ccccc4c3c2-c2cccc(-c3nc(-c4ccccc4)c4cc(-c5nc6ccccc6c6ccccc56)ccc4n3)c21. The third-order valence-electron chi connectivity index (χ3n) is 11.0. The Balaban J connectivity index is 1.16. The molecule has 0 N–H and O–H groups in total. The Hall–Kier alpha value is -6.65. The van der Waals surface area contributed by atoms with E-state index in [1.165, 1.54) is 33.0 Å². The largest absolute Gasteiger partial charge is 0.456 e. The van der Waals surface area contributed by atoms with E-state index >= 15 is 0 Å². The first kappa shape index (κ1) is 29.1. The molecule has 0 fully saturated rings. The predicted octanol–water partition coefficient (Wildman–Crippen LogP) is 12.5. The summed E-state index contributed by atoms with van der Waals surface area (Å²) in [5, 5.41) is 6.78. The molecule has 0 aliphatic heterocycles. The van der Waals surface area contributed by atoms with E-state index in [-0.39, 0.29) is 5.41 Å². The maximum atomic E-state index is 6.35. The van der Waals surface area contributed by atoms with Gasteiger partial charge in [0, 0.05) is 49.0 Å². The molecule has 3 heterocycles. The van der Waals surface area contributed by atoms with Crippen LogP contribution >= 0.6 is 0 Å². The van der Waals surface area contributed by atoms with Gasteiger partial charge in [-0.3, -0.25) is 0 Å². The summed E-state index contributed by atoms with van der Waals surface area (Å²) in [7, 11) is 0. The van der Waals surface area contributed by atoms with Crippen LogP contribution in [0.2, 0.25) is 0 Å². The van der Waals surface area contributed by atoms with Crippen LogP contribution in [0, 0.1) is 0 Å². The van der Waals surface area contributed by atoms with Crippen molar-refractivity contribution >= 4 is 54.5 Å². The molecule has 0 amide bonds. The Morgan fingerprint density at radius 3 is 2.02 bits per heavy atom. The molecule has 0 unspecified atom stereocenters. The van der Waals surface area contributed by atoms with Crippen molar-refractivity contribution in [1.29, 1.82) is 0 Å². The second-order valence-electron chi connectivity index (χ2n) is 14.3. The van der Waals surface area contributed by atoms with Crippen LogP contribution in [0.25, 0.3) is 99.5 Å². The first-order chi connectivity index (χ1) is 25.5. The molecule has 10 aromatic rings. The smallest absolute Gasteiger partial charge is 0.160 e. The third kappa shape index (κ3) is 4.06. The topological polar surface area (TPSA) is 51.8 Å². The molecule has 0 bridgehead atoms. The van der Waals surface area contributed by atoms with Gasteiger partial charge in [0.1, 0.15) is 11.2 Å². The molecular formula is C48H31N3O. The average Bonchev–Trinajstić information content (AvgIpc) is 3.69. The summed E-state index contributed by atoms with van der Waals surface area (Å²) in [6, 6.07) is 53.2. The van der Waals surface area contributed by atoms with Gasteiger partial charge in [-0.1, -0.05) is 135 Å². The molecule has 3 aromatic heterocycles. The highest BCUT2D eigenvalue weighted by Crippen LogP contribution is 2.55. The fourth-order valence-corrected chi connectivity index (χ4v) is 8.71. The Kier molecular flexibility index (Phi) is 5.98. The van der Waals surface area contributed by atoms with Crippen molar-refractivity contribution in [3.8, 4) is 45.0 Å². The normalized spacial score (nSPS) is 13.3. The van der Waals surface area contributed by atoms with Crippen LogP contribution in [-0.4, -0.2) is 15.0 Å². The second-order valence-corrected chi connectivity index (χ2v) is 14.3. The number of aromatic nitrogens is 3. The summed E-state index contributed by atoms with van der Waals surface area (Å²) in [6.07, 6.45) is 0. The third-order valence-corrected chi connectivity index (χ3v) is 11.0. The highest BCUT2D eigenvalue weighted by molar-refractivity contribution is 6.16. The van der Waals surface area contributed by atoms with Gasteiger partial charge in [0.25, 0.3) is 0 Å². The number of hydrogen-bond donors (Lipinski definition) is 0. The molecule has 7 aromatic carbocycles. The Bertz CT molecular complexity index is 3100. The minimum Gasteiger partial charge on any atom is -0.456 e. The number of pyridine rings is 1. The van der Waals surface area contributed by atoms with E-state index in [4.69, 9.17) is 19.4 Å². The first-order valence-electron chi connectivity index (χ1n) is 17.8. The summed E-state index contributed by atoms with van der Waals surface area (Å²) in [5.41, 5.74) is 13.4. The van der Waals surface area contributed by atoms with E-state index in [0.29, 0.717) is 0 Å². The minimum atomic E-state index is -0.286. The Labute approximate surface area is 300 Å². The molecule has 4 nitrogen and oxygen atoms in total. The zero-order chi connectivity index (χ0) is 34.6. The van der Waals surface area contributed by atoms with Crippen LogP contribution in [0.15, 0.2) is 156 Å². The predicted molar refractivity (Wildman–Crippen MR) is 213 cm³/mol. The molecule has 4 heteroatoms. The van der Waals surface area contributed by atoms with Gasteiger partial charge in [0.15, 0.2) is 5.82 Å². The number of rotatable bonds is 3. The lowest BCUT2D eigenvalue weighted by Gasteiger charge is -2.24. The van der Waals surface area contributed by atoms with Crippen molar-refractivity contribution in [2.45, 2.75) is 19.3 Å². The molecule has 0 radical (unpaired) electrons.